The number of aliphatic hydroxyl groups excluding tert-OH is 1. The summed E-state index contributed by atoms with van der Waals surface area (Å²) in [7, 11) is 0. The summed E-state index contributed by atoms with van der Waals surface area (Å²) < 4.78 is 5.68. The molecule has 0 atom stereocenters. The predicted molar refractivity (Wildman–Crippen MR) is 68.6 cm³/mol. The largest absolute Gasteiger partial charge is 0.456 e. The topological polar surface area (TPSA) is 29.5 Å². The molecule has 0 saturated heterocycles. The summed E-state index contributed by atoms with van der Waals surface area (Å²) in [6, 6.07) is 13.0. The molecule has 0 aromatic heterocycles. The molecule has 0 saturated carbocycles. The van der Waals surface area contributed by atoms with Crippen LogP contribution in [0.4, 0.5) is 0 Å². The quantitative estimate of drug-likeness (QED) is 0.892. The van der Waals surface area contributed by atoms with Crippen LogP contribution in [0.1, 0.15) is 11.1 Å². The lowest BCUT2D eigenvalue weighted by Gasteiger charge is -2.09. The molecule has 0 amide bonds. The van der Waals surface area contributed by atoms with Gasteiger partial charge in [-0.25, -0.2) is 0 Å². The zero-order chi connectivity index (χ0) is 12.3. The van der Waals surface area contributed by atoms with Crippen molar-refractivity contribution in [3.63, 3.8) is 0 Å². The second-order valence-corrected chi connectivity index (χ2v) is 4.25. The Labute approximate surface area is 105 Å². The summed E-state index contributed by atoms with van der Waals surface area (Å²) >= 11 is 6.06. The van der Waals surface area contributed by atoms with Gasteiger partial charge in [-0.05, 0) is 42.3 Å². The van der Waals surface area contributed by atoms with Crippen molar-refractivity contribution in [1.29, 1.82) is 0 Å². The van der Waals surface area contributed by atoms with Crippen LogP contribution < -0.4 is 4.74 Å². The molecule has 0 unspecified atom stereocenters. The van der Waals surface area contributed by atoms with Crippen LogP contribution in [0.2, 0.25) is 5.02 Å². The number of rotatable bonds is 3. The summed E-state index contributed by atoms with van der Waals surface area (Å²) in [6.07, 6.45) is 0. The van der Waals surface area contributed by atoms with Crippen LogP contribution in [-0.4, -0.2) is 5.11 Å². The molecule has 1 N–H and O–H groups in total. The highest BCUT2D eigenvalue weighted by atomic mass is 35.5. The average molecular weight is 249 g/mol. The smallest absolute Gasteiger partial charge is 0.146 e. The van der Waals surface area contributed by atoms with E-state index in [1.165, 1.54) is 0 Å². The Hall–Kier alpha value is -1.51. The van der Waals surface area contributed by atoms with Crippen molar-refractivity contribution in [3.8, 4) is 11.5 Å². The Bertz CT molecular complexity index is 523. The molecule has 2 nitrogen and oxygen atoms in total. The fraction of sp³-hybridized carbons (Fsp3) is 0.143. The van der Waals surface area contributed by atoms with E-state index in [1.807, 2.05) is 31.2 Å². The highest BCUT2D eigenvalue weighted by Crippen LogP contribution is 2.30. The Morgan fingerprint density at radius 1 is 1.18 bits per heavy atom. The van der Waals surface area contributed by atoms with Gasteiger partial charge in [-0.2, -0.15) is 0 Å². The first kappa shape index (κ1) is 12.0. The number of hydrogen-bond acceptors (Lipinski definition) is 2. The maximum Gasteiger partial charge on any atom is 0.146 e. The van der Waals surface area contributed by atoms with Gasteiger partial charge in [0, 0.05) is 0 Å². The maximum absolute atomic E-state index is 8.98. The number of benzene rings is 2. The Morgan fingerprint density at radius 2 is 2.00 bits per heavy atom. The fourth-order valence-corrected chi connectivity index (χ4v) is 1.77. The van der Waals surface area contributed by atoms with Crippen molar-refractivity contribution < 1.29 is 9.84 Å². The van der Waals surface area contributed by atoms with Crippen molar-refractivity contribution in [2.24, 2.45) is 0 Å². The monoisotopic (exact) mass is 248 g/mol. The molecule has 0 aliphatic carbocycles. The number of aryl methyl sites for hydroxylation is 1. The number of halogens is 1. The molecule has 17 heavy (non-hydrogen) atoms. The second kappa shape index (κ2) is 5.21. The molecule has 0 fully saturated rings. The van der Waals surface area contributed by atoms with Crippen LogP contribution in [0, 0.1) is 6.92 Å². The van der Waals surface area contributed by atoms with Crippen LogP contribution in [-0.2, 0) is 6.61 Å². The van der Waals surface area contributed by atoms with Gasteiger partial charge in [-0.1, -0.05) is 29.8 Å². The van der Waals surface area contributed by atoms with Gasteiger partial charge in [0.25, 0.3) is 0 Å². The van der Waals surface area contributed by atoms with Gasteiger partial charge in [-0.15, -0.1) is 0 Å². The number of aliphatic hydroxyl groups is 1. The van der Waals surface area contributed by atoms with Crippen molar-refractivity contribution in [2.75, 3.05) is 0 Å². The standard InChI is InChI=1S/C14H13ClO2/c1-10-3-2-4-12(7-10)17-14-6-5-11(9-16)8-13(14)15/h2-8,16H,9H2,1H3. The third-order valence-corrected chi connectivity index (χ3v) is 2.69. The first-order chi connectivity index (χ1) is 8.19. The molecule has 2 aromatic rings. The van der Waals surface area contributed by atoms with E-state index in [1.54, 1.807) is 18.2 Å². The minimum atomic E-state index is -0.0234. The Balaban J connectivity index is 2.24. The van der Waals surface area contributed by atoms with Crippen LogP contribution in [0.3, 0.4) is 0 Å². The lowest BCUT2D eigenvalue weighted by molar-refractivity contribution is 0.281. The number of hydrogen-bond donors (Lipinski definition) is 1. The van der Waals surface area contributed by atoms with Gasteiger partial charge in [0.05, 0.1) is 11.6 Å². The van der Waals surface area contributed by atoms with Gasteiger partial charge in [-0.3, -0.25) is 0 Å². The summed E-state index contributed by atoms with van der Waals surface area (Å²) in [5.74, 6) is 1.35. The predicted octanol–water partition coefficient (Wildman–Crippen LogP) is 3.93. The van der Waals surface area contributed by atoms with E-state index >= 15 is 0 Å². The fourth-order valence-electron chi connectivity index (χ4n) is 1.53. The molecule has 88 valence electrons. The van der Waals surface area contributed by atoms with E-state index in [-0.39, 0.29) is 6.61 Å². The first-order valence-electron chi connectivity index (χ1n) is 5.33. The van der Waals surface area contributed by atoms with Crippen molar-refractivity contribution in [2.45, 2.75) is 13.5 Å². The van der Waals surface area contributed by atoms with Gasteiger partial charge in [0.15, 0.2) is 0 Å². The zero-order valence-corrected chi connectivity index (χ0v) is 10.2. The molecule has 0 radical (unpaired) electrons. The molecule has 0 spiro atoms. The van der Waals surface area contributed by atoms with E-state index in [0.717, 1.165) is 16.9 Å². The van der Waals surface area contributed by atoms with Crippen LogP contribution in [0.25, 0.3) is 0 Å². The Kier molecular flexibility index (Phi) is 3.67. The molecule has 0 aliphatic rings. The number of ether oxygens (including phenoxy) is 1. The van der Waals surface area contributed by atoms with E-state index in [4.69, 9.17) is 21.4 Å². The minimum absolute atomic E-state index is 0.0234. The minimum Gasteiger partial charge on any atom is -0.456 e. The second-order valence-electron chi connectivity index (χ2n) is 3.84. The van der Waals surface area contributed by atoms with Gasteiger partial charge >= 0.3 is 0 Å². The maximum atomic E-state index is 8.98. The van der Waals surface area contributed by atoms with E-state index in [0.29, 0.717) is 10.8 Å². The lowest BCUT2D eigenvalue weighted by atomic mass is 10.2. The highest BCUT2D eigenvalue weighted by Gasteiger charge is 2.04. The van der Waals surface area contributed by atoms with Gasteiger partial charge in [0.2, 0.25) is 0 Å². The normalized spacial score (nSPS) is 10.3. The highest BCUT2D eigenvalue weighted by molar-refractivity contribution is 6.32. The SMILES string of the molecule is Cc1cccc(Oc2ccc(CO)cc2Cl)c1. The zero-order valence-electron chi connectivity index (χ0n) is 9.48. The van der Waals surface area contributed by atoms with E-state index in [9.17, 15) is 0 Å². The van der Waals surface area contributed by atoms with Crippen LogP contribution in [0.15, 0.2) is 42.5 Å². The summed E-state index contributed by atoms with van der Waals surface area (Å²) in [5, 5.41) is 9.48. The van der Waals surface area contributed by atoms with Gasteiger partial charge < -0.3 is 9.84 Å². The van der Waals surface area contributed by atoms with Crippen molar-refractivity contribution in [3.05, 3.63) is 58.6 Å². The molecule has 0 bridgehead atoms. The molecule has 2 rings (SSSR count). The summed E-state index contributed by atoms with van der Waals surface area (Å²) in [6.45, 7) is 1.98. The molecule has 0 heterocycles. The van der Waals surface area contributed by atoms with Crippen molar-refractivity contribution >= 4 is 11.6 Å². The lowest BCUT2D eigenvalue weighted by Crippen LogP contribution is -1.88. The molecular weight excluding hydrogens is 236 g/mol. The Morgan fingerprint density at radius 3 is 2.65 bits per heavy atom. The molecular formula is C14H13ClO2. The summed E-state index contributed by atoms with van der Waals surface area (Å²) in [5.41, 5.74) is 1.90. The average Bonchev–Trinajstić information content (AvgIpc) is 2.32. The van der Waals surface area contributed by atoms with Crippen LogP contribution >= 0.6 is 11.6 Å². The van der Waals surface area contributed by atoms with E-state index in [2.05, 4.69) is 0 Å². The van der Waals surface area contributed by atoms with Gasteiger partial charge in [0.1, 0.15) is 11.5 Å². The molecule has 3 heteroatoms. The molecule has 0 aliphatic heterocycles. The van der Waals surface area contributed by atoms with E-state index < -0.39 is 0 Å². The molecule has 2 aromatic carbocycles. The van der Waals surface area contributed by atoms with Crippen molar-refractivity contribution in [1.82, 2.24) is 0 Å². The third-order valence-electron chi connectivity index (χ3n) is 2.40. The summed E-state index contributed by atoms with van der Waals surface area (Å²) in [4.78, 5) is 0. The third kappa shape index (κ3) is 2.99. The first-order valence-corrected chi connectivity index (χ1v) is 5.70. The van der Waals surface area contributed by atoms with Crippen LogP contribution in [0.5, 0.6) is 11.5 Å².